The fourth-order valence-electron chi connectivity index (χ4n) is 4.48. The molecule has 6 aromatic rings. The Labute approximate surface area is 262 Å². The lowest BCUT2D eigenvalue weighted by Gasteiger charge is -2.17. The highest BCUT2D eigenvalue weighted by atomic mass is 79.9. The normalized spacial score (nSPS) is 11.8. The number of aliphatic carboxylic acids is 1. The third-order valence-corrected chi connectivity index (χ3v) is 8.81. The summed E-state index contributed by atoms with van der Waals surface area (Å²) >= 11 is 4.93. The van der Waals surface area contributed by atoms with Gasteiger partial charge in [-0.3, -0.25) is 0 Å². The Bertz CT molecular complexity index is 1970. The summed E-state index contributed by atoms with van der Waals surface area (Å²) in [6.45, 7) is 0.0418. The van der Waals surface area contributed by atoms with E-state index in [9.17, 15) is 18.7 Å². The Kier molecular flexibility index (Phi) is 8.53. The number of nitrogens with zero attached hydrogens (tertiary/aromatic N) is 4. The molecule has 3 aromatic heterocycles. The standard InChI is InChI=1S/C32H21BrF2N4O4S/c33-27-26-30(37-17-38-31(26)44-28(27)18-9-11-20(34)12-10-18)43-25(32(40)41)15-19-5-1-4-8-24(19)42-16-21-13-14-36-29(39-21)22-6-2-3-7-23(22)35/h1-14,17,25H,15-16H2,(H,40,41)/t25-/m1/s1. The SMILES string of the molecule is O=C(O)[C@@H](Cc1ccccc1OCc1ccnc(-c2ccccc2F)n1)Oc1ncnc2sc(-c3ccc(F)cc3)c(Br)c12. The molecule has 0 amide bonds. The van der Waals surface area contributed by atoms with Gasteiger partial charge in [-0.25, -0.2) is 33.5 Å². The molecule has 8 nitrogen and oxygen atoms in total. The van der Waals surface area contributed by atoms with E-state index in [2.05, 4.69) is 35.9 Å². The van der Waals surface area contributed by atoms with E-state index < -0.39 is 17.9 Å². The van der Waals surface area contributed by atoms with E-state index in [1.165, 1.54) is 42.1 Å². The molecular formula is C32H21BrF2N4O4S. The number of benzene rings is 3. The lowest BCUT2D eigenvalue weighted by molar-refractivity contribution is -0.145. The summed E-state index contributed by atoms with van der Waals surface area (Å²) in [4.78, 5) is 30.9. The lowest BCUT2D eigenvalue weighted by atomic mass is 10.1. The monoisotopic (exact) mass is 674 g/mol. The Hall–Kier alpha value is -4.81. The Morgan fingerprint density at radius 2 is 1.73 bits per heavy atom. The van der Waals surface area contributed by atoms with E-state index in [0.29, 0.717) is 31.7 Å². The van der Waals surface area contributed by atoms with Crippen LogP contribution in [0.4, 0.5) is 8.78 Å². The molecule has 0 aliphatic carbocycles. The van der Waals surface area contributed by atoms with Crippen molar-refractivity contribution in [3.63, 3.8) is 0 Å². The number of para-hydroxylation sites is 1. The van der Waals surface area contributed by atoms with Crippen LogP contribution in [0.5, 0.6) is 11.6 Å². The molecular weight excluding hydrogens is 654 g/mol. The minimum atomic E-state index is -1.31. The van der Waals surface area contributed by atoms with Crippen molar-refractivity contribution < 1.29 is 28.2 Å². The molecule has 1 atom stereocenters. The predicted octanol–water partition coefficient (Wildman–Crippen LogP) is 7.51. The second-order valence-electron chi connectivity index (χ2n) is 9.51. The second kappa shape index (κ2) is 12.8. The van der Waals surface area contributed by atoms with Crippen molar-refractivity contribution in [1.29, 1.82) is 0 Å². The van der Waals surface area contributed by atoms with Gasteiger partial charge in [0.05, 0.1) is 26.0 Å². The van der Waals surface area contributed by atoms with Crippen molar-refractivity contribution in [2.24, 2.45) is 0 Å². The van der Waals surface area contributed by atoms with Gasteiger partial charge < -0.3 is 14.6 Å². The second-order valence-corrected chi connectivity index (χ2v) is 11.3. The van der Waals surface area contributed by atoms with Crippen LogP contribution in [0.1, 0.15) is 11.3 Å². The average molecular weight is 676 g/mol. The van der Waals surface area contributed by atoms with Crippen LogP contribution in [-0.4, -0.2) is 37.1 Å². The van der Waals surface area contributed by atoms with Crippen molar-refractivity contribution in [3.05, 3.63) is 119 Å². The molecule has 0 spiro atoms. The molecule has 6 rings (SSSR count). The number of thiophene rings is 1. The van der Waals surface area contributed by atoms with E-state index in [4.69, 9.17) is 9.47 Å². The molecule has 0 fully saturated rings. The summed E-state index contributed by atoms with van der Waals surface area (Å²) in [6.07, 6.45) is 1.49. The number of hydrogen-bond donors (Lipinski definition) is 1. The molecule has 3 aromatic carbocycles. The van der Waals surface area contributed by atoms with E-state index in [1.807, 2.05) is 0 Å². The highest BCUT2D eigenvalue weighted by Gasteiger charge is 2.26. The molecule has 1 N–H and O–H groups in total. The van der Waals surface area contributed by atoms with Gasteiger partial charge in [-0.2, -0.15) is 0 Å². The molecule has 12 heteroatoms. The fourth-order valence-corrected chi connectivity index (χ4v) is 6.47. The number of carboxylic acids is 1. The number of aromatic nitrogens is 4. The molecule has 0 saturated carbocycles. The van der Waals surface area contributed by atoms with Gasteiger partial charge in [0, 0.05) is 12.6 Å². The lowest BCUT2D eigenvalue weighted by Crippen LogP contribution is -2.30. The molecule has 44 heavy (non-hydrogen) atoms. The first-order chi connectivity index (χ1) is 21.4. The third kappa shape index (κ3) is 6.26. The van der Waals surface area contributed by atoms with Gasteiger partial charge in [0.2, 0.25) is 12.0 Å². The largest absolute Gasteiger partial charge is 0.487 e. The molecule has 0 unspecified atom stereocenters. The number of carbonyl (C=O) groups is 1. The fraction of sp³-hybridized carbons (Fsp3) is 0.0938. The molecule has 0 radical (unpaired) electrons. The number of halogens is 3. The molecule has 0 aliphatic rings. The average Bonchev–Trinajstić information content (AvgIpc) is 3.38. The first-order valence-electron chi connectivity index (χ1n) is 13.2. The van der Waals surface area contributed by atoms with Gasteiger partial charge in [-0.05, 0) is 63.5 Å². The van der Waals surface area contributed by atoms with Crippen LogP contribution < -0.4 is 9.47 Å². The molecule has 0 saturated heterocycles. The maximum absolute atomic E-state index is 14.3. The van der Waals surface area contributed by atoms with Crippen molar-refractivity contribution in [3.8, 4) is 33.5 Å². The van der Waals surface area contributed by atoms with E-state index >= 15 is 0 Å². The quantitative estimate of drug-likeness (QED) is 0.159. The van der Waals surface area contributed by atoms with Gasteiger partial charge in [0.1, 0.15) is 35.1 Å². The number of rotatable bonds is 10. The van der Waals surface area contributed by atoms with Crippen LogP contribution in [0, 0.1) is 11.6 Å². The summed E-state index contributed by atoms with van der Waals surface area (Å²) in [5.41, 5.74) is 2.14. The predicted molar refractivity (Wildman–Crippen MR) is 164 cm³/mol. The van der Waals surface area contributed by atoms with Crippen LogP contribution in [0.3, 0.4) is 0 Å². The van der Waals surface area contributed by atoms with Crippen LogP contribution in [-0.2, 0) is 17.8 Å². The van der Waals surface area contributed by atoms with Gasteiger partial charge >= 0.3 is 5.97 Å². The van der Waals surface area contributed by atoms with Crippen molar-refractivity contribution in [1.82, 2.24) is 19.9 Å². The zero-order valence-electron chi connectivity index (χ0n) is 22.7. The van der Waals surface area contributed by atoms with Gasteiger partial charge in [0.25, 0.3) is 0 Å². The zero-order valence-corrected chi connectivity index (χ0v) is 25.1. The third-order valence-electron chi connectivity index (χ3n) is 6.61. The van der Waals surface area contributed by atoms with E-state index in [1.54, 1.807) is 60.7 Å². The summed E-state index contributed by atoms with van der Waals surface area (Å²) in [5.74, 6) is -1.21. The summed E-state index contributed by atoms with van der Waals surface area (Å²) in [6, 6.07) is 20.9. The highest BCUT2D eigenvalue weighted by Crippen LogP contribution is 2.44. The van der Waals surface area contributed by atoms with E-state index in [-0.39, 0.29) is 36.1 Å². The van der Waals surface area contributed by atoms with Crippen molar-refractivity contribution in [2.45, 2.75) is 19.1 Å². The minimum Gasteiger partial charge on any atom is -0.487 e. The van der Waals surface area contributed by atoms with Crippen LogP contribution >= 0.6 is 27.3 Å². The molecule has 0 bridgehead atoms. The maximum Gasteiger partial charge on any atom is 0.345 e. The van der Waals surface area contributed by atoms with E-state index in [0.717, 1.165) is 10.4 Å². The number of ether oxygens (including phenoxy) is 2. The van der Waals surface area contributed by atoms with Crippen LogP contribution in [0.15, 0.2) is 95.9 Å². The first-order valence-corrected chi connectivity index (χ1v) is 14.8. The summed E-state index contributed by atoms with van der Waals surface area (Å²) in [7, 11) is 0. The zero-order chi connectivity index (χ0) is 30.6. The number of hydrogen-bond acceptors (Lipinski definition) is 8. The minimum absolute atomic E-state index is 0.0339. The Morgan fingerprint density at radius 3 is 2.52 bits per heavy atom. The first kappa shape index (κ1) is 29.3. The van der Waals surface area contributed by atoms with Gasteiger partial charge in [-0.1, -0.05) is 42.5 Å². The van der Waals surface area contributed by atoms with Crippen molar-refractivity contribution >= 4 is 43.5 Å². The van der Waals surface area contributed by atoms with Gasteiger partial charge in [0.15, 0.2) is 5.82 Å². The smallest absolute Gasteiger partial charge is 0.345 e. The number of carboxylic acid groups (broad SMARTS) is 1. The topological polar surface area (TPSA) is 107 Å². The Balaban J connectivity index is 1.23. The van der Waals surface area contributed by atoms with Crippen molar-refractivity contribution in [2.75, 3.05) is 0 Å². The number of fused-ring (bicyclic) bond motifs is 1. The van der Waals surface area contributed by atoms with Gasteiger partial charge in [-0.15, -0.1) is 11.3 Å². The summed E-state index contributed by atoms with van der Waals surface area (Å²) in [5, 5.41) is 10.6. The van der Waals surface area contributed by atoms with Crippen LogP contribution in [0.25, 0.3) is 32.0 Å². The molecule has 0 aliphatic heterocycles. The molecule has 3 heterocycles. The molecule has 220 valence electrons. The van der Waals surface area contributed by atoms with Crippen LogP contribution in [0.2, 0.25) is 0 Å². The highest BCUT2D eigenvalue weighted by molar-refractivity contribution is 9.10. The summed E-state index contributed by atoms with van der Waals surface area (Å²) < 4.78 is 40.4. The maximum atomic E-state index is 14.3. The Morgan fingerprint density at radius 1 is 0.955 bits per heavy atom.